The Bertz CT molecular complexity index is 1360. The molecule has 5 nitrogen and oxygen atoms in total. The van der Waals surface area contributed by atoms with Gasteiger partial charge in [0, 0.05) is 49.4 Å². The Morgan fingerprint density at radius 3 is 2.38 bits per heavy atom. The minimum atomic E-state index is -0.223. The number of fused-ring (bicyclic) bond motifs is 1. The summed E-state index contributed by atoms with van der Waals surface area (Å²) in [7, 11) is 0. The zero-order valence-corrected chi connectivity index (χ0v) is 19.5. The van der Waals surface area contributed by atoms with Gasteiger partial charge in [0.25, 0.3) is 5.91 Å². The monoisotopic (exact) mass is 454 g/mol. The molecule has 1 amide bonds. The van der Waals surface area contributed by atoms with E-state index in [0.717, 1.165) is 33.4 Å². The summed E-state index contributed by atoms with van der Waals surface area (Å²) in [5.41, 5.74) is 3.16. The second-order valence-electron chi connectivity index (χ2n) is 8.73. The van der Waals surface area contributed by atoms with Crippen molar-refractivity contribution < 1.29 is 9.18 Å². The lowest BCUT2D eigenvalue weighted by Crippen LogP contribution is -2.49. The number of aryl methyl sites for hydroxylation is 2. The van der Waals surface area contributed by atoms with Crippen LogP contribution in [0.1, 0.15) is 33.0 Å². The first-order chi connectivity index (χ1) is 16.5. The van der Waals surface area contributed by atoms with E-state index in [1.807, 2.05) is 67.3 Å². The summed E-state index contributed by atoms with van der Waals surface area (Å²) in [6, 6.07) is 20.7. The van der Waals surface area contributed by atoms with Gasteiger partial charge in [-0.05, 0) is 42.3 Å². The summed E-state index contributed by atoms with van der Waals surface area (Å²) in [6.07, 6.45) is 0.434. The highest BCUT2D eigenvalue weighted by Crippen LogP contribution is 2.27. The minimum absolute atomic E-state index is 0.0538. The number of hydrogen-bond acceptors (Lipinski definition) is 4. The molecule has 4 aromatic rings. The topological polar surface area (TPSA) is 49.3 Å². The Kier molecular flexibility index (Phi) is 5.97. The van der Waals surface area contributed by atoms with E-state index in [0.29, 0.717) is 44.0 Å². The predicted octanol–water partition coefficient (Wildman–Crippen LogP) is 4.94. The van der Waals surface area contributed by atoms with Crippen molar-refractivity contribution in [2.45, 2.75) is 20.3 Å². The van der Waals surface area contributed by atoms with E-state index in [-0.39, 0.29) is 11.7 Å². The average molecular weight is 455 g/mol. The Balaban J connectivity index is 1.37. The Labute approximate surface area is 198 Å². The van der Waals surface area contributed by atoms with Crippen molar-refractivity contribution >= 4 is 22.5 Å². The van der Waals surface area contributed by atoms with Crippen LogP contribution >= 0.6 is 0 Å². The zero-order chi connectivity index (χ0) is 23.7. The summed E-state index contributed by atoms with van der Waals surface area (Å²) in [4.78, 5) is 26.7. The normalized spacial score (nSPS) is 14.0. The number of carbonyl (C=O) groups excluding carboxylic acids is 1. The van der Waals surface area contributed by atoms with Gasteiger partial charge in [-0.25, -0.2) is 14.4 Å². The van der Waals surface area contributed by atoms with E-state index in [2.05, 4.69) is 9.88 Å². The summed E-state index contributed by atoms with van der Waals surface area (Å²) in [5.74, 6) is 1.36. The van der Waals surface area contributed by atoms with Gasteiger partial charge in [0.1, 0.15) is 17.5 Å². The van der Waals surface area contributed by atoms with Crippen LogP contribution in [0.25, 0.3) is 10.8 Å². The van der Waals surface area contributed by atoms with Gasteiger partial charge in [-0.3, -0.25) is 4.79 Å². The fourth-order valence-electron chi connectivity index (χ4n) is 4.72. The maximum Gasteiger partial charge on any atom is 0.254 e. The van der Waals surface area contributed by atoms with Gasteiger partial charge >= 0.3 is 0 Å². The molecule has 1 fully saturated rings. The highest BCUT2D eigenvalue weighted by molar-refractivity contribution is 6.07. The van der Waals surface area contributed by atoms with E-state index in [4.69, 9.17) is 4.98 Å². The molecule has 5 rings (SSSR count). The molecule has 1 aromatic heterocycles. The molecule has 0 spiro atoms. The second-order valence-corrected chi connectivity index (χ2v) is 8.73. The molecule has 3 aromatic carbocycles. The third-order valence-corrected chi connectivity index (χ3v) is 6.52. The van der Waals surface area contributed by atoms with Crippen molar-refractivity contribution in [2.24, 2.45) is 0 Å². The van der Waals surface area contributed by atoms with Gasteiger partial charge in [-0.2, -0.15) is 0 Å². The van der Waals surface area contributed by atoms with Crippen LogP contribution in [0, 0.1) is 19.7 Å². The smallest absolute Gasteiger partial charge is 0.254 e. The molecule has 2 heterocycles. The van der Waals surface area contributed by atoms with Crippen molar-refractivity contribution in [3.8, 4) is 0 Å². The molecule has 0 unspecified atom stereocenters. The largest absolute Gasteiger partial charge is 0.353 e. The number of nitrogens with zero attached hydrogens (tertiary/aromatic N) is 4. The van der Waals surface area contributed by atoms with E-state index >= 15 is 0 Å². The van der Waals surface area contributed by atoms with Gasteiger partial charge in [-0.1, -0.05) is 54.6 Å². The number of carbonyl (C=O) groups is 1. The number of anilines is 1. The van der Waals surface area contributed by atoms with Crippen molar-refractivity contribution in [3.63, 3.8) is 0 Å². The zero-order valence-electron chi connectivity index (χ0n) is 19.5. The maximum atomic E-state index is 14.4. The Morgan fingerprint density at radius 2 is 1.59 bits per heavy atom. The lowest BCUT2D eigenvalue weighted by molar-refractivity contribution is 0.0748. The minimum Gasteiger partial charge on any atom is -0.353 e. The van der Waals surface area contributed by atoms with Crippen LogP contribution in [0.2, 0.25) is 0 Å². The fourth-order valence-corrected chi connectivity index (χ4v) is 4.72. The van der Waals surface area contributed by atoms with Gasteiger partial charge in [0.2, 0.25) is 0 Å². The third-order valence-electron chi connectivity index (χ3n) is 6.52. The standard InChI is InChI=1S/C28H27FN4O/c1-19-25(18-22-9-4-6-13-26(22)29)27(31-20(2)30-19)32-14-16-33(17-15-32)28(34)24-12-7-10-21-8-3-5-11-23(21)24/h3-13H,14-18H2,1-2H3. The molecule has 1 aliphatic rings. The third kappa shape index (κ3) is 4.23. The van der Waals surface area contributed by atoms with Crippen molar-refractivity contribution in [2.75, 3.05) is 31.1 Å². The van der Waals surface area contributed by atoms with Gasteiger partial charge in [-0.15, -0.1) is 0 Å². The lowest BCUT2D eigenvalue weighted by Gasteiger charge is -2.36. The average Bonchev–Trinajstić information content (AvgIpc) is 2.86. The van der Waals surface area contributed by atoms with Crippen LogP contribution in [0.5, 0.6) is 0 Å². The Hall–Kier alpha value is -3.80. The molecule has 0 bridgehead atoms. The molecular formula is C28H27FN4O. The molecular weight excluding hydrogens is 427 g/mol. The summed E-state index contributed by atoms with van der Waals surface area (Å²) < 4.78 is 14.4. The van der Waals surface area contributed by atoms with Gasteiger partial charge in [0.15, 0.2) is 0 Å². The molecule has 0 aliphatic carbocycles. The Morgan fingerprint density at radius 1 is 0.882 bits per heavy atom. The number of rotatable bonds is 4. The number of halogens is 1. The lowest BCUT2D eigenvalue weighted by atomic mass is 10.0. The molecule has 34 heavy (non-hydrogen) atoms. The van der Waals surface area contributed by atoms with E-state index < -0.39 is 0 Å². The summed E-state index contributed by atoms with van der Waals surface area (Å²) in [5, 5.41) is 2.04. The molecule has 0 N–H and O–H groups in total. The van der Waals surface area contributed by atoms with Crippen molar-refractivity contribution in [1.29, 1.82) is 0 Å². The number of amides is 1. The SMILES string of the molecule is Cc1nc(C)c(Cc2ccccc2F)c(N2CCN(C(=O)c3cccc4ccccc34)CC2)n1. The van der Waals surface area contributed by atoms with Crippen LogP contribution in [-0.4, -0.2) is 47.0 Å². The second kappa shape index (κ2) is 9.21. The number of piperazine rings is 1. The number of aromatic nitrogens is 2. The summed E-state index contributed by atoms with van der Waals surface area (Å²) >= 11 is 0. The molecule has 1 saturated heterocycles. The van der Waals surface area contributed by atoms with Gasteiger partial charge < -0.3 is 9.80 Å². The van der Waals surface area contributed by atoms with Crippen LogP contribution < -0.4 is 4.90 Å². The van der Waals surface area contributed by atoms with Crippen LogP contribution in [0.3, 0.4) is 0 Å². The fraction of sp³-hybridized carbons (Fsp3) is 0.250. The van der Waals surface area contributed by atoms with E-state index in [1.54, 1.807) is 12.1 Å². The highest BCUT2D eigenvalue weighted by Gasteiger charge is 2.26. The molecule has 0 saturated carbocycles. The molecule has 1 aliphatic heterocycles. The van der Waals surface area contributed by atoms with Crippen molar-refractivity contribution in [1.82, 2.24) is 14.9 Å². The van der Waals surface area contributed by atoms with E-state index in [9.17, 15) is 9.18 Å². The van der Waals surface area contributed by atoms with Gasteiger partial charge in [0.05, 0.1) is 0 Å². The first-order valence-corrected chi connectivity index (χ1v) is 11.6. The summed E-state index contributed by atoms with van der Waals surface area (Å²) in [6.45, 7) is 6.36. The predicted molar refractivity (Wildman–Crippen MR) is 133 cm³/mol. The number of benzene rings is 3. The maximum absolute atomic E-state index is 14.4. The molecule has 0 radical (unpaired) electrons. The van der Waals surface area contributed by atoms with Crippen LogP contribution in [-0.2, 0) is 6.42 Å². The molecule has 0 atom stereocenters. The van der Waals surface area contributed by atoms with Crippen LogP contribution in [0.15, 0.2) is 66.7 Å². The number of hydrogen-bond donors (Lipinski definition) is 0. The molecule has 172 valence electrons. The molecule has 6 heteroatoms. The first-order valence-electron chi connectivity index (χ1n) is 11.6. The first kappa shape index (κ1) is 22.0. The highest BCUT2D eigenvalue weighted by atomic mass is 19.1. The van der Waals surface area contributed by atoms with E-state index in [1.165, 1.54) is 6.07 Å². The van der Waals surface area contributed by atoms with Crippen molar-refractivity contribution in [3.05, 3.63) is 101 Å². The van der Waals surface area contributed by atoms with Crippen LogP contribution in [0.4, 0.5) is 10.2 Å². The quantitative estimate of drug-likeness (QED) is 0.438.